The molecule has 2 aliphatic heterocycles. The second-order valence-corrected chi connectivity index (χ2v) is 10.2. The zero-order chi connectivity index (χ0) is 21.4. The van der Waals surface area contributed by atoms with Crippen LogP contribution in [0.4, 0.5) is 14.9 Å². The van der Waals surface area contributed by atoms with Gasteiger partial charge in [-0.1, -0.05) is 24.6 Å². The molecule has 4 rings (SSSR count). The van der Waals surface area contributed by atoms with Crippen molar-refractivity contribution in [1.29, 1.82) is 0 Å². The largest absolute Gasteiger partial charge is 0.444 e. The third-order valence-electron chi connectivity index (χ3n) is 5.72. The number of rotatable bonds is 3. The summed E-state index contributed by atoms with van der Waals surface area (Å²) < 4.78 is 26.4. The summed E-state index contributed by atoms with van der Waals surface area (Å²) in [6.07, 6.45) is 4.95. The van der Waals surface area contributed by atoms with E-state index in [0.29, 0.717) is 29.1 Å². The molecule has 3 aliphatic rings. The Morgan fingerprint density at radius 1 is 1.30 bits per heavy atom. The first-order valence-corrected chi connectivity index (χ1v) is 11.7. The maximum atomic E-state index is 15.0. The average Bonchev–Trinajstić information content (AvgIpc) is 3.31. The number of halogens is 1. The molecule has 2 N–H and O–H groups in total. The molecule has 0 unspecified atom stereocenters. The van der Waals surface area contributed by atoms with Crippen molar-refractivity contribution >= 4 is 28.7 Å². The molecule has 0 aromatic heterocycles. The van der Waals surface area contributed by atoms with E-state index in [-0.39, 0.29) is 11.7 Å². The van der Waals surface area contributed by atoms with Crippen molar-refractivity contribution in [2.24, 2.45) is 10.9 Å². The fourth-order valence-electron chi connectivity index (χ4n) is 4.36. The van der Waals surface area contributed by atoms with Crippen molar-refractivity contribution in [1.82, 2.24) is 5.32 Å². The van der Waals surface area contributed by atoms with Crippen LogP contribution in [0.3, 0.4) is 0 Å². The number of hydrogen-bond acceptors (Lipinski definition) is 6. The number of ether oxygens (including phenoxy) is 2. The number of amides is 1. The van der Waals surface area contributed by atoms with E-state index < -0.39 is 17.4 Å². The Morgan fingerprint density at radius 2 is 2.07 bits per heavy atom. The Kier molecular flexibility index (Phi) is 5.99. The number of aliphatic imine (C=N–C) groups is 1. The van der Waals surface area contributed by atoms with Gasteiger partial charge in [-0.3, -0.25) is 5.32 Å². The highest BCUT2D eigenvalue weighted by Gasteiger charge is 2.50. The van der Waals surface area contributed by atoms with E-state index in [1.165, 1.54) is 30.7 Å². The minimum Gasteiger partial charge on any atom is -0.444 e. The van der Waals surface area contributed by atoms with E-state index in [2.05, 4.69) is 10.6 Å². The molecule has 2 atom stereocenters. The van der Waals surface area contributed by atoms with Crippen LogP contribution in [0.25, 0.3) is 0 Å². The molecule has 1 aromatic rings. The zero-order valence-electron chi connectivity index (χ0n) is 17.8. The molecule has 1 aliphatic carbocycles. The van der Waals surface area contributed by atoms with Gasteiger partial charge in [-0.05, 0) is 58.2 Å². The predicted molar refractivity (Wildman–Crippen MR) is 117 cm³/mol. The van der Waals surface area contributed by atoms with E-state index in [4.69, 9.17) is 14.5 Å². The smallest absolute Gasteiger partial charge is 0.413 e. The number of fused-ring (bicyclic) bond motifs is 1. The van der Waals surface area contributed by atoms with Crippen LogP contribution in [0.1, 0.15) is 58.4 Å². The van der Waals surface area contributed by atoms with Gasteiger partial charge in [0.1, 0.15) is 11.4 Å². The van der Waals surface area contributed by atoms with Gasteiger partial charge in [-0.2, -0.15) is 0 Å². The van der Waals surface area contributed by atoms with Gasteiger partial charge in [-0.25, -0.2) is 14.2 Å². The Morgan fingerprint density at radius 3 is 2.80 bits per heavy atom. The lowest BCUT2D eigenvalue weighted by Crippen LogP contribution is -2.42. The van der Waals surface area contributed by atoms with Crippen LogP contribution in [-0.2, 0) is 15.2 Å². The van der Waals surface area contributed by atoms with Crippen molar-refractivity contribution in [2.75, 3.05) is 17.7 Å². The van der Waals surface area contributed by atoms with Crippen LogP contribution >= 0.6 is 11.8 Å². The highest BCUT2D eigenvalue weighted by Crippen LogP contribution is 2.48. The Hall–Kier alpha value is -1.80. The Labute approximate surface area is 181 Å². The summed E-state index contributed by atoms with van der Waals surface area (Å²) in [5, 5.41) is 6.64. The Bertz CT molecular complexity index is 835. The van der Waals surface area contributed by atoms with Gasteiger partial charge in [0.25, 0.3) is 0 Å². The van der Waals surface area contributed by atoms with E-state index in [1.807, 2.05) is 6.07 Å². The zero-order valence-corrected chi connectivity index (χ0v) is 18.6. The molecular weight excluding hydrogens is 405 g/mol. The highest BCUT2D eigenvalue weighted by atomic mass is 32.2. The average molecular weight is 436 g/mol. The Balaban J connectivity index is 1.62. The van der Waals surface area contributed by atoms with E-state index in [9.17, 15) is 4.79 Å². The summed E-state index contributed by atoms with van der Waals surface area (Å²) >= 11 is 1.44. The molecule has 1 amide bonds. The van der Waals surface area contributed by atoms with Gasteiger partial charge in [-0.15, -0.1) is 0 Å². The molecule has 6 nitrogen and oxygen atoms in total. The third kappa shape index (κ3) is 4.59. The summed E-state index contributed by atoms with van der Waals surface area (Å²) in [5.74, 6) is 0.392. The third-order valence-corrected chi connectivity index (χ3v) is 6.75. The van der Waals surface area contributed by atoms with E-state index in [1.54, 1.807) is 26.8 Å². The summed E-state index contributed by atoms with van der Waals surface area (Å²) in [4.78, 5) is 16.9. The predicted octanol–water partition coefficient (Wildman–Crippen LogP) is 5.00. The lowest BCUT2D eigenvalue weighted by atomic mass is 9.89. The minimum absolute atomic E-state index is 0.0444. The first-order valence-electron chi connectivity index (χ1n) is 10.7. The fourth-order valence-corrected chi connectivity index (χ4v) is 5.47. The number of hydrogen-bond donors (Lipinski definition) is 2. The molecule has 164 valence electrons. The summed E-state index contributed by atoms with van der Waals surface area (Å²) in [5.41, 5.74) is -0.415. The minimum atomic E-state index is -1.12. The standard InChI is InChI=1S/C22H30FN3O3S/c1-21(2,3)29-20(27)25-19-26-22(14(13-30-19)10-11-28-22)17-12-16(8-9-18(17)23)24-15-6-4-5-7-15/h8-9,12,14-15,24H,4-7,10-11,13H2,1-3H3,(H,25,26,27)/t14-,22+/m0/s1. The molecular formula is C22H30FN3O3S. The number of benzene rings is 1. The molecule has 1 aromatic carbocycles. The van der Waals surface area contributed by atoms with Crippen LogP contribution in [-0.4, -0.2) is 35.3 Å². The number of carbonyl (C=O) groups excluding carboxylic acids is 1. The highest BCUT2D eigenvalue weighted by molar-refractivity contribution is 8.13. The molecule has 1 saturated carbocycles. The van der Waals surface area contributed by atoms with Gasteiger partial charge >= 0.3 is 6.09 Å². The van der Waals surface area contributed by atoms with E-state index in [0.717, 1.165) is 24.9 Å². The van der Waals surface area contributed by atoms with Crippen LogP contribution in [0.5, 0.6) is 0 Å². The molecule has 2 fully saturated rings. The molecule has 0 radical (unpaired) electrons. The molecule has 0 spiro atoms. The molecule has 8 heteroatoms. The summed E-state index contributed by atoms with van der Waals surface area (Å²) in [7, 11) is 0. The monoisotopic (exact) mass is 435 g/mol. The lowest BCUT2D eigenvalue weighted by Gasteiger charge is -2.35. The number of carbonyl (C=O) groups is 1. The molecule has 0 bridgehead atoms. The second-order valence-electron chi connectivity index (χ2n) is 9.21. The van der Waals surface area contributed by atoms with Gasteiger partial charge in [0.2, 0.25) is 0 Å². The molecule has 30 heavy (non-hydrogen) atoms. The molecule has 2 heterocycles. The summed E-state index contributed by atoms with van der Waals surface area (Å²) in [6.45, 7) is 5.92. The lowest BCUT2D eigenvalue weighted by molar-refractivity contribution is -0.0173. The first-order chi connectivity index (χ1) is 14.2. The van der Waals surface area contributed by atoms with Gasteiger partial charge < -0.3 is 14.8 Å². The fraction of sp³-hybridized carbons (Fsp3) is 0.636. The van der Waals surface area contributed by atoms with Gasteiger partial charge in [0.15, 0.2) is 10.9 Å². The number of thioether (sulfide) groups is 1. The molecule has 1 saturated heterocycles. The van der Waals surface area contributed by atoms with E-state index >= 15 is 4.39 Å². The number of alkyl carbamates (subject to hydrolysis) is 1. The van der Waals surface area contributed by atoms with Crippen LogP contribution in [0, 0.1) is 11.7 Å². The van der Waals surface area contributed by atoms with Crippen LogP contribution < -0.4 is 10.6 Å². The van der Waals surface area contributed by atoms with Crippen molar-refractivity contribution in [3.63, 3.8) is 0 Å². The number of nitrogens with zero attached hydrogens (tertiary/aromatic N) is 1. The summed E-state index contributed by atoms with van der Waals surface area (Å²) in [6, 6.07) is 5.52. The normalized spacial score (nSPS) is 26.8. The first kappa shape index (κ1) is 21.4. The van der Waals surface area contributed by atoms with Crippen LogP contribution in [0.2, 0.25) is 0 Å². The van der Waals surface area contributed by atoms with Gasteiger partial charge in [0, 0.05) is 29.0 Å². The number of nitrogens with one attached hydrogen (secondary N) is 2. The van der Waals surface area contributed by atoms with Crippen LogP contribution in [0.15, 0.2) is 23.2 Å². The maximum Gasteiger partial charge on any atom is 0.413 e. The van der Waals surface area contributed by atoms with Crippen molar-refractivity contribution in [3.05, 3.63) is 29.6 Å². The SMILES string of the molecule is CC(C)(C)OC(=O)NC1=N[C@@]2(c3cc(NC4CCCC4)ccc3F)OCC[C@H]2CS1. The van der Waals surface area contributed by atoms with Crippen molar-refractivity contribution < 1.29 is 18.7 Å². The van der Waals surface area contributed by atoms with Crippen molar-refractivity contribution in [2.45, 2.75) is 70.2 Å². The topological polar surface area (TPSA) is 72.0 Å². The maximum absolute atomic E-state index is 15.0. The van der Waals surface area contributed by atoms with Crippen molar-refractivity contribution in [3.8, 4) is 0 Å². The number of anilines is 1. The quantitative estimate of drug-likeness (QED) is 0.699. The number of amidine groups is 1. The second kappa shape index (κ2) is 8.38. The van der Waals surface area contributed by atoms with Gasteiger partial charge in [0.05, 0.1) is 6.61 Å².